The predicted molar refractivity (Wildman–Crippen MR) is 327 cm³/mol. The lowest BCUT2D eigenvalue weighted by molar-refractivity contribution is -0.118. The van der Waals surface area contributed by atoms with Crippen LogP contribution in [0.1, 0.15) is 211 Å². The fourth-order valence-electron chi connectivity index (χ4n) is 9.75. The second kappa shape index (κ2) is 22.8. The smallest absolute Gasteiger partial charge is 0.242 e. The molecule has 74 heavy (non-hydrogen) atoms. The van der Waals surface area contributed by atoms with E-state index < -0.39 is 0 Å². The summed E-state index contributed by atoms with van der Waals surface area (Å²) in [6, 6.07) is 14.7. The first kappa shape index (κ1) is 63.5. The zero-order valence-electron chi connectivity index (χ0n) is 50.8. The minimum absolute atomic E-state index is 0.0359. The van der Waals surface area contributed by atoms with Crippen LogP contribution in [0.5, 0.6) is 0 Å². The van der Waals surface area contributed by atoms with Gasteiger partial charge in [-0.1, -0.05) is 131 Å². The van der Waals surface area contributed by atoms with Crippen molar-refractivity contribution in [2.24, 2.45) is 0 Å². The van der Waals surface area contributed by atoms with Gasteiger partial charge in [-0.2, -0.15) is 0 Å². The topological polar surface area (TPSA) is 123 Å². The summed E-state index contributed by atoms with van der Waals surface area (Å²) in [6.07, 6.45) is 0. The number of thioether (sulfide) groups is 3. The minimum atomic E-state index is -0.141. The SMILES string of the molecule is CC1(C)N[C@H](C(=O)Nc2cc(C(C)(C)C)cc(C(C)(C)C)c2)CS1.Cc1c(C(C)(C)C)cc(NC(=O)[C@@H]2CSC(C)(C)N2)cc1C(C)(C)C.Cc1c(C(C)(C)C)cc(NC(=O)[C@H]2CSC(C)(C)N2)cc1C(C)(C)C. The Morgan fingerprint density at radius 2 is 0.608 bits per heavy atom. The fourth-order valence-corrected chi connectivity index (χ4v) is 12.9. The predicted octanol–water partition coefficient (Wildman–Crippen LogP) is 14.6. The summed E-state index contributed by atoms with van der Waals surface area (Å²) >= 11 is 5.37. The first-order valence-corrected chi connectivity index (χ1v) is 29.8. The lowest BCUT2D eigenvalue weighted by Gasteiger charge is -2.30. The third kappa shape index (κ3) is 17.8. The molecule has 12 heteroatoms. The van der Waals surface area contributed by atoms with E-state index in [0.717, 1.165) is 34.3 Å². The van der Waals surface area contributed by atoms with Crippen LogP contribution in [0.4, 0.5) is 17.1 Å². The van der Waals surface area contributed by atoms with Crippen molar-refractivity contribution in [1.82, 2.24) is 16.0 Å². The number of amides is 3. The molecular weight excluding hydrogens is 973 g/mol. The van der Waals surface area contributed by atoms with Crippen LogP contribution in [-0.2, 0) is 46.9 Å². The molecule has 3 fully saturated rings. The molecule has 0 aromatic heterocycles. The fraction of sp³-hybridized carbons (Fsp3) is 0.661. The second-order valence-corrected chi connectivity index (χ2v) is 33.6. The van der Waals surface area contributed by atoms with E-state index in [4.69, 9.17) is 0 Å². The molecule has 6 rings (SSSR count). The number of carbonyl (C=O) groups is 3. The molecule has 0 bridgehead atoms. The monoisotopic (exact) mass is 1070 g/mol. The number of benzene rings is 3. The Morgan fingerprint density at radius 1 is 0.392 bits per heavy atom. The molecule has 3 aromatic carbocycles. The van der Waals surface area contributed by atoms with Gasteiger partial charge in [0.2, 0.25) is 17.7 Å². The van der Waals surface area contributed by atoms with Gasteiger partial charge in [0.25, 0.3) is 0 Å². The van der Waals surface area contributed by atoms with Crippen molar-refractivity contribution in [3.8, 4) is 0 Å². The maximum absolute atomic E-state index is 12.7. The van der Waals surface area contributed by atoms with Crippen LogP contribution in [0.3, 0.4) is 0 Å². The Hall–Kier alpha value is -3.00. The zero-order valence-corrected chi connectivity index (χ0v) is 53.3. The third-order valence-electron chi connectivity index (χ3n) is 13.9. The molecule has 0 unspecified atom stereocenters. The number of anilines is 3. The van der Waals surface area contributed by atoms with Gasteiger partial charge in [-0.25, -0.2) is 0 Å². The summed E-state index contributed by atoms with van der Waals surface area (Å²) in [7, 11) is 0. The lowest BCUT2D eigenvalue weighted by atomic mass is 9.76. The van der Waals surface area contributed by atoms with E-state index in [-0.39, 0.29) is 82.9 Å². The summed E-state index contributed by atoms with van der Waals surface area (Å²) in [6.45, 7) is 57.1. The highest BCUT2D eigenvalue weighted by molar-refractivity contribution is 8.01. The maximum Gasteiger partial charge on any atom is 0.242 e. The van der Waals surface area contributed by atoms with Crippen molar-refractivity contribution in [2.45, 2.75) is 245 Å². The summed E-state index contributed by atoms with van der Waals surface area (Å²) in [5.41, 5.74) is 13.3. The van der Waals surface area contributed by atoms with E-state index in [0.29, 0.717) is 0 Å². The minimum Gasteiger partial charge on any atom is -0.325 e. The largest absolute Gasteiger partial charge is 0.325 e. The molecule has 3 heterocycles. The Balaban J connectivity index is 0.000000240. The van der Waals surface area contributed by atoms with E-state index in [1.165, 1.54) is 44.5 Å². The Kier molecular flexibility index (Phi) is 19.5. The van der Waals surface area contributed by atoms with Crippen molar-refractivity contribution < 1.29 is 14.4 Å². The van der Waals surface area contributed by atoms with Gasteiger partial charge in [0.1, 0.15) is 0 Å². The number of carbonyl (C=O) groups excluding carboxylic acids is 3. The van der Waals surface area contributed by atoms with Crippen LogP contribution in [-0.4, -0.2) is 67.7 Å². The van der Waals surface area contributed by atoms with Crippen molar-refractivity contribution in [1.29, 1.82) is 0 Å². The van der Waals surface area contributed by atoms with Crippen LogP contribution >= 0.6 is 35.3 Å². The third-order valence-corrected chi connectivity index (χ3v) is 17.9. The molecule has 9 nitrogen and oxygen atoms in total. The molecule has 6 N–H and O–H groups in total. The summed E-state index contributed by atoms with van der Waals surface area (Å²) in [5.74, 6) is 2.60. The van der Waals surface area contributed by atoms with E-state index in [1.807, 2.05) is 0 Å². The molecule has 3 amide bonds. The summed E-state index contributed by atoms with van der Waals surface area (Å²) in [4.78, 5) is 38.0. The summed E-state index contributed by atoms with van der Waals surface area (Å²) < 4.78 is 0. The van der Waals surface area contributed by atoms with Gasteiger partial charge in [0, 0.05) is 34.3 Å². The highest BCUT2D eigenvalue weighted by Crippen LogP contribution is 2.40. The number of rotatable bonds is 6. The van der Waals surface area contributed by atoms with Gasteiger partial charge >= 0.3 is 0 Å². The Bertz CT molecular complexity index is 2280. The van der Waals surface area contributed by atoms with Crippen molar-refractivity contribution >= 4 is 70.1 Å². The zero-order chi connectivity index (χ0) is 56.7. The first-order valence-electron chi connectivity index (χ1n) is 26.8. The molecule has 0 saturated carbocycles. The first-order chi connectivity index (χ1) is 33.2. The van der Waals surface area contributed by atoms with Gasteiger partial charge in [0.05, 0.1) is 32.7 Å². The van der Waals surface area contributed by atoms with E-state index >= 15 is 0 Å². The molecule has 0 radical (unpaired) electrons. The van der Waals surface area contributed by atoms with E-state index in [1.54, 1.807) is 35.3 Å². The molecule has 3 atom stereocenters. The van der Waals surface area contributed by atoms with Gasteiger partial charge in [0.15, 0.2) is 0 Å². The normalized spacial score (nSPS) is 20.7. The molecule has 3 aliphatic rings. The number of hydrogen-bond donors (Lipinski definition) is 6. The maximum atomic E-state index is 12.7. The van der Waals surface area contributed by atoms with E-state index in [9.17, 15) is 14.4 Å². The van der Waals surface area contributed by atoms with E-state index in [2.05, 4.69) is 254 Å². The average molecular weight is 1070 g/mol. The second-order valence-electron chi connectivity index (χ2n) is 28.7. The average Bonchev–Trinajstić information content (AvgIpc) is 3.91. The van der Waals surface area contributed by atoms with Crippen LogP contribution in [0.25, 0.3) is 0 Å². The van der Waals surface area contributed by atoms with Gasteiger partial charge < -0.3 is 16.0 Å². The highest BCUT2D eigenvalue weighted by Gasteiger charge is 2.38. The quantitative estimate of drug-likeness (QED) is 0.143. The number of nitrogens with one attached hydrogen (secondary N) is 6. The standard InChI is InChI=1S/2C21H34N2OS.C20H32N2OS/c2*1-13-15(19(2,3)4)10-14(11-16(13)20(5,6)7)22-18(24)17-12-25-21(8,9)23-17;1-18(2,3)13-9-14(19(4,5)6)11-15(10-13)21-17(23)16-12-24-20(7,8)22-16/h2*10-11,17,23H,12H2,1-9H3,(H,22,24);9-11,16,22H,12H2,1-8H3,(H,21,23)/t2*17-;16-/m100/s1. The molecular formula is C62H100N6O3S3. The molecule has 414 valence electrons. The molecule has 3 saturated heterocycles. The molecule has 3 aromatic rings. The van der Waals surface area contributed by atoms with Crippen LogP contribution in [0, 0.1) is 13.8 Å². The molecule has 0 aliphatic carbocycles. The van der Waals surface area contributed by atoms with Crippen molar-refractivity contribution in [3.05, 3.63) is 87.0 Å². The van der Waals surface area contributed by atoms with Gasteiger partial charge in [-0.15, -0.1) is 35.3 Å². The van der Waals surface area contributed by atoms with Crippen molar-refractivity contribution in [2.75, 3.05) is 33.2 Å². The van der Waals surface area contributed by atoms with Gasteiger partial charge in [-0.05, 0) is 169 Å². The Labute approximate surface area is 463 Å². The number of hydrogen-bond acceptors (Lipinski definition) is 9. The van der Waals surface area contributed by atoms with Crippen LogP contribution in [0.15, 0.2) is 42.5 Å². The lowest BCUT2D eigenvalue weighted by Crippen LogP contribution is -2.44. The summed E-state index contributed by atoms with van der Waals surface area (Å²) in [5, 5.41) is 19.6. The molecule has 3 aliphatic heterocycles. The van der Waals surface area contributed by atoms with Crippen LogP contribution < -0.4 is 31.9 Å². The van der Waals surface area contributed by atoms with Gasteiger partial charge in [-0.3, -0.25) is 30.3 Å². The highest BCUT2D eigenvalue weighted by atomic mass is 32.2. The van der Waals surface area contributed by atoms with Crippen molar-refractivity contribution in [3.63, 3.8) is 0 Å². The Morgan fingerprint density at radius 3 is 0.784 bits per heavy atom. The van der Waals surface area contributed by atoms with Crippen LogP contribution in [0.2, 0.25) is 0 Å². The molecule has 0 spiro atoms.